The van der Waals surface area contributed by atoms with E-state index >= 15 is 0 Å². The lowest BCUT2D eigenvalue weighted by molar-refractivity contribution is -0.135. The Kier molecular flexibility index (Phi) is 2.28. The Balaban J connectivity index is 1.95. The van der Waals surface area contributed by atoms with Gasteiger partial charge in [0.15, 0.2) is 0 Å². The van der Waals surface area contributed by atoms with E-state index in [0.29, 0.717) is 5.91 Å². The molecule has 0 aromatic carbocycles. The number of nitrogens with zero attached hydrogens (tertiary/aromatic N) is 1. The molecule has 2 aliphatic rings. The number of carbonyl (C=O) groups excluding carboxylic acids is 1. The lowest BCUT2D eigenvalue weighted by Crippen LogP contribution is -2.39. The number of hydrogen-bond donors (Lipinski definition) is 1. The molecule has 1 N–H and O–H groups in total. The van der Waals surface area contributed by atoms with Crippen molar-refractivity contribution in [2.45, 2.75) is 25.7 Å². The number of hydrogen-bond acceptors (Lipinski definition) is 2. The van der Waals surface area contributed by atoms with E-state index in [0.717, 1.165) is 32.5 Å². The first-order chi connectivity index (χ1) is 6.28. The minimum atomic E-state index is -0.000903. The third-order valence-electron chi connectivity index (χ3n) is 3.22. The van der Waals surface area contributed by atoms with Crippen molar-refractivity contribution in [1.82, 2.24) is 10.2 Å². The molecule has 0 spiro atoms. The van der Waals surface area contributed by atoms with Crippen LogP contribution in [0.2, 0.25) is 0 Å². The van der Waals surface area contributed by atoms with Crippen molar-refractivity contribution in [2.24, 2.45) is 5.41 Å². The molecule has 1 aliphatic carbocycles. The third-order valence-corrected chi connectivity index (χ3v) is 3.22. The van der Waals surface area contributed by atoms with E-state index in [1.807, 2.05) is 11.9 Å². The predicted octanol–water partition coefficient (Wildman–Crippen LogP) is 0.608. The van der Waals surface area contributed by atoms with Crippen LogP contribution in [0.1, 0.15) is 25.7 Å². The molecule has 1 amide bonds. The van der Waals surface area contributed by atoms with Crippen molar-refractivity contribution in [3.05, 3.63) is 0 Å². The minimum Gasteiger partial charge on any atom is -0.342 e. The topological polar surface area (TPSA) is 32.3 Å². The lowest BCUT2D eigenvalue weighted by atomic mass is 10.1. The third kappa shape index (κ3) is 1.57. The normalized spacial score (nSPS) is 24.8. The molecule has 1 aliphatic heterocycles. The molecular formula is C10H18N2O. The van der Waals surface area contributed by atoms with Gasteiger partial charge in [-0.3, -0.25) is 4.79 Å². The van der Waals surface area contributed by atoms with E-state index in [2.05, 4.69) is 5.32 Å². The molecule has 0 aromatic rings. The van der Waals surface area contributed by atoms with Crippen LogP contribution in [-0.2, 0) is 4.79 Å². The number of likely N-dealkylation sites (tertiary alicyclic amines) is 1. The first kappa shape index (κ1) is 9.00. The summed E-state index contributed by atoms with van der Waals surface area (Å²) in [6, 6.07) is 0. The second kappa shape index (κ2) is 3.29. The Morgan fingerprint density at radius 3 is 2.46 bits per heavy atom. The molecule has 1 saturated carbocycles. The Morgan fingerprint density at radius 2 is 2.00 bits per heavy atom. The van der Waals surface area contributed by atoms with Crippen LogP contribution in [0.25, 0.3) is 0 Å². The zero-order chi connectivity index (χ0) is 9.31. The van der Waals surface area contributed by atoms with Crippen LogP contribution in [0.5, 0.6) is 0 Å². The molecule has 2 fully saturated rings. The van der Waals surface area contributed by atoms with Crippen LogP contribution in [0, 0.1) is 5.41 Å². The van der Waals surface area contributed by atoms with Gasteiger partial charge in [0.2, 0.25) is 5.91 Å². The zero-order valence-electron chi connectivity index (χ0n) is 8.31. The minimum absolute atomic E-state index is 0.000903. The SMILES string of the molecule is CNCC1(C(=O)N2CCCC2)CC1. The molecule has 74 valence electrons. The maximum absolute atomic E-state index is 12.0. The van der Waals surface area contributed by atoms with Crippen molar-refractivity contribution in [2.75, 3.05) is 26.7 Å². The van der Waals surface area contributed by atoms with Gasteiger partial charge in [0.1, 0.15) is 0 Å². The van der Waals surface area contributed by atoms with Crippen LogP contribution >= 0.6 is 0 Å². The highest BCUT2D eigenvalue weighted by molar-refractivity contribution is 5.85. The molecule has 0 bridgehead atoms. The van der Waals surface area contributed by atoms with Crippen LogP contribution in [0.15, 0.2) is 0 Å². The van der Waals surface area contributed by atoms with Gasteiger partial charge in [-0.05, 0) is 32.7 Å². The van der Waals surface area contributed by atoms with E-state index in [1.54, 1.807) is 0 Å². The van der Waals surface area contributed by atoms with Crippen molar-refractivity contribution < 1.29 is 4.79 Å². The highest BCUT2D eigenvalue weighted by atomic mass is 16.2. The highest BCUT2D eigenvalue weighted by Gasteiger charge is 2.51. The molecule has 1 saturated heterocycles. The van der Waals surface area contributed by atoms with Gasteiger partial charge in [-0.25, -0.2) is 0 Å². The second-order valence-corrected chi connectivity index (χ2v) is 4.31. The Bertz CT molecular complexity index is 205. The molecule has 0 radical (unpaired) electrons. The molecule has 13 heavy (non-hydrogen) atoms. The maximum Gasteiger partial charge on any atom is 0.230 e. The van der Waals surface area contributed by atoms with Gasteiger partial charge in [-0.2, -0.15) is 0 Å². The molecule has 2 rings (SSSR count). The number of amides is 1. The fourth-order valence-corrected chi connectivity index (χ4v) is 2.21. The molecule has 0 unspecified atom stereocenters. The highest BCUT2D eigenvalue weighted by Crippen LogP contribution is 2.46. The van der Waals surface area contributed by atoms with Crippen LogP contribution in [0.4, 0.5) is 0 Å². The van der Waals surface area contributed by atoms with Gasteiger partial charge in [0.25, 0.3) is 0 Å². The quantitative estimate of drug-likeness (QED) is 0.693. The average molecular weight is 182 g/mol. The average Bonchev–Trinajstić information content (AvgIpc) is 2.72. The van der Waals surface area contributed by atoms with E-state index < -0.39 is 0 Å². The smallest absolute Gasteiger partial charge is 0.230 e. The first-order valence-corrected chi connectivity index (χ1v) is 5.22. The number of nitrogens with one attached hydrogen (secondary N) is 1. The van der Waals surface area contributed by atoms with Crippen LogP contribution in [0.3, 0.4) is 0 Å². The molecular weight excluding hydrogens is 164 g/mol. The van der Waals surface area contributed by atoms with Crippen molar-refractivity contribution in [3.63, 3.8) is 0 Å². The van der Waals surface area contributed by atoms with Gasteiger partial charge in [-0.15, -0.1) is 0 Å². The van der Waals surface area contributed by atoms with Crippen LogP contribution in [-0.4, -0.2) is 37.5 Å². The summed E-state index contributed by atoms with van der Waals surface area (Å²) in [5.74, 6) is 0.402. The molecule has 1 heterocycles. The Hall–Kier alpha value is -0.570. The van der Waals surface area contributed by atoms with Gasteiger partial charge in [-0.1, -0.05) is 0 Å². The molecule has 3 heteroatoms. The van der Waals surface area contributed by atoms with E-state index in [4.69, 9.17) is 0 Å². The summed E-state index contributed by atoms with van der Waals surface area (Å²) in [6.45, 7) is 2.84. The summed E-state index contributed by atoms with van der Waals surface area (Å²) in [5, 5.41) is 3.13. The zero-order valence-corrected chi connectivity index (χ0v) is 8.31. The largest absolute Gasteiger partial charge is 0.342 e. The van der Waals surface area contributed by atoms with Crippen molar-refractivity contribution in [1.29, 1.82) is 0 Å². The fraction of sp³-hybridized carbons (Fsp3) is 0.900. The van der Waals surface area contributed by atoms with Gasteiger partial charge < -0.3 is 10.2 Å². The standard InChI is InChI=1S/C10H18N2O/c1-11-8-10(4-5-10)9(13)12-6-2-3-7-12/h11H,2-8H2,1H3. The van der Waals surface area contributed by atoms with Gasteiger partial charge >= 0.3 is 0 Å². The monoisotopic (exact) mass is 182 g/mol. The molecule has 0 aromatic heterocycles. The Labute approximate surface area is 79.5 Å². The van der Waals surface area contributed by atoms with E-state index in [9.17, 15) is 4.79 Å². The van der Waals surface area contributed by atoms with Crippen molar-refractivity contribution >= 4 is 5.91 Å². The molecule has 3 nitrogen and oxygen atoms in total. The predicted molar refractivity (Wildman–Crippen MR) is 51.4 cm³/mol. The van der Waals surface area contributed by atoms with E-state index in [-0.39, 0.29) is 5.41 Å². The summed E-state index contributed by atoms with van der Waals surface area (Å²) < 4.78 is 0. The fourth-order valence-electron chi connectivity index (χ4n) is 2.21. The maximum atomic E-state index is 12.0. The Morgan fingerprint density at radius 1 is 1.38 bits per heavy atom. The lowest BCUT2D eigenvalue weighted by Gasteiger charge is -2.22. The van der Waals surface area contributed by atoms with E-state index in [1.165, 1.54) is 12.8 Å². The summed E-state index contributed by atoms with van der Waals surface area (Å²) in [6.07, 6.45) is 4.56. The van der Waals surface area contributed by atoms with Crippen LogP contribution < -0.4 is 5.32 Å². The second-order valence-electron chi connectivity index (χ2n) is 4.31. The van der Waals surface area contributed by atoms with Gasteiger partial charge in [0, 0.05) is 19.6 Å². The summed E-state index contributed by atoms with van der Waals surface area (Å²) >= 11 is 0. The van der Waals surface area contributed by atoms with Crippen molar-refractivity contribution in [3.8, 4) is 0 Å². The first-order valence-electron chi connectivity index (χ1n) is 5.22. The number of rotatable bonds is 3. The summed E-state index contributed by atoms with van der Waals surface area (Å²) in [5.41, 5.74) is -0.000903. The molecule has 0 atom stereocenters. The summed E-state index contributed by atoms with van der Waals surface area (Å²) in [7, 11) is 1.93. The number of carbonyl (C=O) groups is 1. The summed E-state index contributed by atoms with van der Waals surface area (Å²) in [4.78, 5) is 14.1. The van der Waals surface area contributed by atoms with Gasteiger partial charge in [0.05, 0.1) is 5.41 Å².